The Morgan fingerprint density at radius 3 is 2.29 bits per heavy atom. The summed E-state index contributed by atoms with van der Waals surface area (Å²) in [5.74, 6) is 0. The second kappa shape index (κ2) is 8.02. The lowest BCUT2D eigenvalue weighted by molar-refractivity contribution is 0.175. The first kappa shape index (κ1) is 13.9. The molecule has 1 aromatic rings. The zero-order valence-electron chi connectivity index (χ0n) is 11.2. The topological polar surface area (TPSA) is 21.6 Å². The van der Waals surface area contributed by atoms with Crippen LogP contribution in [0, 0.1) is 0 Å². The molecule has 1 aromatic carbocycles. The zero-order valence-corrected chi connectivity index (χ0v) is 11.2. The van der Waals surface area contributed by atoms with Gasteiger partial charge in [-0.25, -0.2) is 0 Å². The molecule has 2 heteroatoms. The third-order valence-electron chi connectivity index (χ3n) is 2.73. The normalized spacial score (nSPS) is 11.2. The molecule has 2 nitrogen and oxygen atoms in total. The quantitative estimate of drug-likeness (QED) is 0.516. The number of hydrogen-bond donors (Lipinski definition) is 0. The van der Waals surface area contributed by atoms with E-state index in [9.17, 15) is 0 Å². The number of aliphatic imine (C=N–C) groups is 1. The third-order valence-corrected chi connectivity index (χ3v) is 2.73. The molecule has 0 fully saturated rings. The first-order valence-electron chi connectivity index (χ1n) is 6.54. The van der Waals surface area contributed by atoms with Gasteiger partial charge in [0.1, 0.15) is 0 Å². The van der Waals surface area contributed by atoms with Gasteiger partial charge in [0, 0.05) is 12.8 Å². The average molecular weight is 233 g/mol. The SMILES string of the molecule is CCCOCC=Nc1c(CC)cccc1CC. The fraction of sp³-hybridized carbons (Fsp3) is 0.533. The minimum Gasteiger partial charge on any atom is -0.376 e. The maximum Gasteiger partial charge on any atom is 0.0818 e. The van der Waals surface area contributed by atoms with Crippen LogP contribution in [0.5, 0.6) is 0 Å². The van der Waals surface area contributed by atoms with Crippen molar-refractivity contribution in [3.8, 4) is 0 Å². The smallest absolute Gasteiger partial charge is 0.0818 e. The summed E-state index contributed by atoms with van der Waals surface area (Å²) in [7, 11) is 0. The Hall–Kier alpha value is -1.15. The van der Waals surface area contributed by atoms with Gasteiger partial charge in [0.05, 0.1) is 12.3 Å². The minimum atomic E-state index is 0.606. The van der Waals surface area contributed by atoms with Crippen molar-refractivity contribution in [1.29, 1.82) is 0 Å². The Kier molecular flexibility index (Phi) is 6.56. The molecule has 0 heterocycles. The number of para-hydroxylation sites is 1. The summed E-state index contributed by atoms with van der Waals surface area (Å²) in [6.45, 7) is 7.86. The van der Waals surface area contributed by atoms with Crippen LogP contribution in [-0.4, -0.2) is 19.4 Å². The van der Waals surface area contributed by atoms with Crippen LogP contribution in [0.25, 0.3) is 0 Å². The van der Waals surface area contributed by atoms with Gasteiger partial charge in [-0.2, -0.15) is 0 Å². The lowest BCUT2D eigenvalue weighted by Crippen LogP contribution is -1.96. The minimum absolute atomic E-state index is 0.606. The second-order valence-electron chi connectivity index (χ2n) is 4.02. The van der Waals surface area contributed by atoms with Gasteiger partial charge in [0.25, 0.3) is 0 Å². The van der Waals surface area contributed by atoms with Crippen molar-refractivity contribution in [2.75, 3.05) is 13.2 Å². The van der Waals surface area contributed by atoms with Crippen LogP contribution in [0.15, 0.2) is 23.2 Å². The van der Waals surface area contributed by atoms with E-state index < -0.39 is 0 Å². The molecule has 94 valence electrons. The van der Waals surface area contributed by atoms with E-state index in [1.807, 2.05) is 6.21 Å². The summed E-state index contributed by atoms with van der Waals surface area (Å²) in [4.78, 5) is 4.57. The number of benzene rings is 1. The van der Waals surface area contributed by atoms with Crippen molar-refractivity contribution in [1.82, 2.24) is 0 Å². The average Bonchev–Trinajstić information content (AvgIpc) is 2.38. The molecular formula is C15H23NO. The summed E-state index contributed by atoms with van der Waals surface area (Å²) in [5.41, 5.74) is 3.77. The highest BCUT2D eigenvalue weighted by atomic mass is 16.5. The number of rotatable bonds is 7. The summed E-state index contributed by atoms with van der Waals surface area (Å²) in [6.07, 6.45) is 4.98. The van der Waals surface area contributed by atoms with Crippen LogP contribution in [-0.2, 0) is 17.6 Å². The van der Waals surface area contributed by atoms with E-state index in [2.05, 4.69) is 44.0 Å². The molecule has 17 heavy (non-hydrogen) atoms. The van der Waals surface area contributed by atoms with Crippen molar-refractivity contribution < 1.29 is 4.74 Å². The summed E-state index contributed by atoms with van der Waals surface area (Å²) >= 11 is 0. The van der Waals surface area contributed by atoms with Crippen LogP contribution in [0.2, 0.25) is 0 Å². The van der Waals surface area contributed by atoms with E-state index in [1.165, 1.54) is 11.1 Å². The molecule has 0 aliphatic rings. The molecular weight excluding hydrogens is 210 g/mol. The van der Waals surface area contributed by atoms with Crippen LogP contribution in [0.3, 0.4) is 0 Å². The highest BCUT2D eigenvalue weighted by molar-refractivity contribution is 5.67. The standard InChI is InChI=1S/C15H23NO/c1-4-11-17-12-10-16-15-13(5-2)8-7-9-14(15)6-3/h7-10H,4-6,11-12H2,1-3H3. The largest absolute Gasteiger partial charge is 0.376 e. The van der Waals surface area contributed by atoms with Crippen LogP contribution < -0.4 is 0 Å². The lowest BCUT2D eigenvalue weighted by Gasteiger charge is -2.08. The van der Waals surface area contributed by atoms with Gasteiger partial charge in [0.15, 0.2) is 0 Å². The van der Waals surface area contributed by atoms with Crippen molar-refractivity contribution in [3.05, 3.63) is 29.3 Å². The van der Waals surface area contributed by atoms with Crippen molar-refractivity contribution >= 4 is 11.9 Å². The fourth-order valence-electron chi connectivity index (χ4n) is 1.79. The molecule has 0 unspecified atom stereocenters. The molecule has 0 aliphatic carbocycles. The fourth-order valence-corrected chi connectivity index (χ4v) is 1.79. The molecule has 0 saturated heterocycles. The van der Waals surface area contributed by atoms with E-state index in [0.717, 1.165) is 31.6 Å². The van der Waals surface area contributed by atoms with E-state index in [4.69, 9.17) is 4.74 Å². The van der Waals surface area contributed by atoms with E-state index in [1.54, 1.807) is 0 Å². The van der Waals surface area contributed by atoms with Gasteiger partial charge in [-0.15, -0.1) is 0 Å². The maximum atomic E-state index is 5.40. The molecule has 0 saturated carbocycles. The number of nitrogens with zero attached hydrogens (tertiary/aromatic N) is 1. The second-order valence-corrected chi connectivity index (χ2v) is 4.02. The van der Waals surface area contributed by atoms with E-state index in [0.29, 0.717) is 6.61 Å². The Morgan fingerprint density at radius 2 is 1.76 bits per heavy atom. The monoisotopic (exact) mass is 233 g/mol. The molecule has 0 aliphatic heterocycles. The Bertz CT molecular complexity index is 336. The molecule has 0 N–H and O–H groups in total. The van der Waals surface area contributed by atoms with Crippen LogP contribution in [0.1, 0.15) is 38.3 Å². The summed E-state index contributed by atoms with van der Waals surface area (Å²) in [5, 5.41) is 0. The molecule has 0 radical (unpaired) electrons. The van der Waals surface area contributed by atoms with Crippen LogP contribution >= 0.6 is 0 Å². The van der Waals surface area contributed by atoms with Gasteiger partial charge in [-0.1, -0.05) is 39.0 Å². The van der Waals surface area contributed by atoms with Gasteiger partial charge in [0.2, 0.25) is 0 Å². The third kappa shape index (κ3) is 4.31. The van der Waals surface area contributed by atoms with E-state index in [-0.39, 0.29) is 0 Å². The maximum absolute atomic E-state index is 5.40. The van der Waals surface area contributed by atoms with Gasteiger partial charge in [-0.3, -0.25) is 4.99 Å². The van der Waals surface area contributed by atoms with Crippen molar-refractivity contribution in [3.63, 3.8) is 0 Å². The molecule has 0 amide bonds. The predicted octanol–water partition coefficient (Wildman–Crippen LogP) is 3.94. The van der Waals surface area contributed by atoms with Gasteiger partial charge < -0.3 is 4.74 Å². The zero-order chi connectivity index (χ0) is 12.5. The Balaban J connectivity index is 2.73. The molecule has 1 rings (SSSR count). The highest BCUT2D eigenvalue weighted by Gasteiger charge is 2.03. The van der Waals surface area contributed by atoms with E-state index >= 15 is 0 Å². The Labute approximate surface area is 105 Å². The van der Waals surface area contributed by atoms with Crippen molar-refractivity contribution in [2.24, 2.45) is 4.99 Å². The van der Waals surface area contributed by atoms with Gasteiger partial charge >= 0.3 is 0 Å². The lowest BCUT2D eigenvalue weighted by atomic mass is 10.0. The van der Waals surface area contributed by atoms with Gasteiger partial charge in [-0.05, 0) is 30.4 Å². The van der Waals surface area contributed by atoms with Crippen molar-refractivity contribution in [2.45, 2.75) is 40.0 Å². The molecule has 0 aromatic heterocycles. The summed E-state index contributed by atoms with van der Waals surface area (Å²) < 4.78 is 5.40. The summed E-state index contributed by atoms with van der Waals surface area (Å²) in [6, 6.07) is 6.42. The molecule has 0 bridgehead atoms. The number of ether oxygens (including phenoxy) is 1. The first-order chi connectivity index (χ1) is 8.33. The molecule has 0 spiro atoms. The van der Waals surface area contributed by atoms with Crippen LogP contribution in [0.4, 0.5) is 5.69 Å². The first-order valence-corrected chi connectivity index (χ1v) is 6.54. The molecule has 0 atom stereocenters. The predicted molar refractivity (Wildman–Crippen MR) is 74.5 cm³/mol. The number of hydrogen-bond acceptors (Lipinski definition) is 2. The number of aryl methyl sites for hydroxylation is 2. The highest BCUT2D eigenvalue weighted by Crippen LogP contribution is 2.25. The Morgan fingerprint density at radius 1 is 1.12 bits per heavy atom.